The van der Waals surface area contributed by atoms with Crippen LogP contribution in [0.15, 0.2) is 0 Å². The lowest BCUT2D eigenvalue weighted by Crippen LogP contribution is -2.18. The third-order valence-corrected chi connectivity index (χ3v) is 1.39. The maximum atomic E-state index is 10.2. The summed E-state index contributed by atoms with van der Waals surface area (Å²) in [7, 11) is -4.49. The van der Waals surface area contributed by atoms with Gasteiger partial charge in [0.15, 0.2) is 5.75 Å². The molecule has 0 saturated heterocycles. The first kappa shape index (κ1) is 10.5. The predicted octanol–water partition coefficient (Wildman–Crippen LogP) is -1.45. The van der Waals surface area contributed by atoms with E-state index in [1.165, 1.54) is 0 Å². The van der Waals surface area contributed by atoms with E-state index in [1.54, 1.807) is 0 Å². The van der Waals surface area contributed by atoms with Crippen molar-refractivity contribution < 1.29 is 30.7 Å². The van der Waals surface area contributed by atoms with E-state index in [2.05, 4.69) is 4.18 Å². The molecule has 66 valence electrons. The molecule has 0 aliphatic carbocycles. The van der Waals surface area contributed by atoms with Gasteiger partial charge in [0.2, 0.25) is 0 Å². The maximum Gasteiger partial charge on any atom is 0.360 e. The third kappa shape index (κ3) is 7.39. The minimum absolute atomic E-state index is 1.33. The molecule has 0 aromatic carbocycles. The zero-order valence-corrected chi connectivity index (χ0v) is 6.59. The van der Waals surface area contributed by atoms with Gasteiger partial charge in [-0.15, -0.1) is 0 Å². The highest BCUT2D eigenvalue weighted by atomic mass is 32.2. The molecule has 11 heavy (non-hydrogen) atoms. The molecule has 0 aromatic heterocycles. The molecule has 1 unspecified atom stereocenters. The summed E-state index contributed by atoms with van der Waals surface area (Å²) < 4.78 is 48.8. The zero-order chi connectivity index (χ0) is 9.07. The summed E-state index contributed by atoms with van der Waals surface area (Å²) in [6.07, 6.45) is 0. The lowest BCUT2D eigenvalue weighted by molar-refractivity contribution is -0.131. The minimum Gasteiger partial charge on any atom is -0.342 e. The first-order chi connectivity index (χ1) is 4.81. The molecule has 0 aliphatic rings. The van der Waals surface area contributed by atoms with Gasteiger partial charge in [-0.25, -0.2) is 4.79 Å². The Balaban J connectivity index is 4.01. The molecule has 0 rings (SSSR count). The van der Waals surface area contributed by atoms with E-state index in [1.807, 2.05) is 0 Å². The lowest BCUT2D eigenvalue weighted by Gasteiger charge is -1.94. The Bertz CT molecular complexity index is 262. The highest BCUT2D eigenvalue weighted by Crippen LogP contribution is 1.87. The van der Waals surface area contributed by atoms with Gasteiger partial charge in [-0.3, -0.25) is 9.11 Å². The SMILES string of the molecule is O=C(CS(=O)(=O)O)OS(=O)O. The summed E-state index contributed by atoms with van der Waals surface area (Å²) >= 11 is -2.86. The quantitative estimate of drug-likeness (QED) is 0.426. The third-order valence-electron chi connectivity index (χ3n) is 0.464. The summed E-state index contributed by atoms with van der Waals surface area (Å²) in [5, 5.41) is 0. The van der Waals surface area contributed by atoms with Crippen LogP contribution in [-0.4, -0.2) is 33.5 Å². The molecule has 0 amide bonds. The fourth-order valence-corrected chi connectivity index (χ4v) is 0.902. The number of carbonyl (C=O) groups is 1. The van der Waals surface area contributed by atoms with Gasteiger partial charge in [-0.1, -0.05) is 0 Å². The van der Waals surface area contributed by atoms with Gasteiger partial charge in [-0.05, 0) is 0 Å². The van der Waals surface area contributed by atoms with E-state index >= 15 is 0 Å². The van der Waals surface area contributed by atoms with E-state index in [9.17, 15) is 17.4 Å². The van der Waals surface area contributed by atoms with Gasteiger partial charge in [0.05, 0.1) is 0 Å². The van der Waals surface area contributed by atoms with Crippen LogP contribution in [0.3, 0.4) is 0 Å². The fraction of sp³-hybridized carbons (Fsp3) is 0.500. The molecule has 0 aliphatic heterocycles. The Labute approximate surface area is 64.6 Å². The summed E-state index contributed by atoms with van der Waals surface area (Å²) in [6, 6.07) is 0. The van der Waals surface area contributed by atoms with Crippen LogP contribution in [0, 0.1) is 0 Å². The Morgan fingerprint density at radius 2 is 2.00 bits per heavy atom. The van der Waals surface area contributed by atoms with Crippen LogP contribution in [-0.2, 0) is 30.5 Å². The van der Waals surface area contributed by atoms with Crippen molar-refractivity contribution in [1.82, 2.24) is 0 Å². The molecule has 0 spiro atoms. The molecule has 9 heteroatoms. The Morgan fingerprint density at radius 1 is 1.55 bits per heavy atom. The van der Waals surface area contributed by atoms with Crippen molar-refractivity contribution in [1.29, 1.82) is 0 Å². The van der Waals surface area contributed by atoms with Crippen molar-refractivity contribution in [2.24, 2.45) is 0 Å². The molecular weight excluding hydrogens is 200 g/mol. The number of rotatable bonds is 3. The summed E-state index contributed by atoms with van der Waals surface area (Å²) in [5.41, 5.74) is 0. The predicted molar refractivity (Wildman–Crippen MR) is 33.3 cm³/mol. The number of carbonyl (C=O) groups excluding carboxylic acids is 1. The first-order valence-electron chi connectivity index (χ1n) is 2.08. The average molecular weight is 204 g/mol. The van der Waals surface area contributed by atoms with Crippen LogP contribution < -0.4 is 0 Å². The van der Waals surface area contributed by atoms with E-state index < -0.39 is 33.2 Å². The molecule has 0 saturated carbocycles. The van der Waals surface area contributed by atoms with Crippen LogP contribution in [0.25, 0.3) is 0 Å². The number of hydrogen-bond donors (Lipinski definition) is 2. The second-order valence-corrected chi connectivity index (χ2v) is 3.45. The second-order valence-electron chi connectivity index (χ2n) is 1.40. The van der Waals surface area contributed by atoms with Crippen molar-refractivity contribution in [2.75, 3.05) is 5.75 Å². The normalized spacial score (nSPS) is 14.0. The second kappa shape index (κ2) is 3.76. The van der Waals surface area contributed by atoms with Crippen molar-refractivity contribution in [2.45, 2.75) is 0 Å². The standard InChI is InChI=1S/C2H4O7S2/c3-2(9-10(4)5)1-11(6,7)8/h1H2,(H,4,5)(H,6,7,8). The summed E-state index contributed by atoms with van der Waals surface area (Å²) in [4.78, 5) is 10.2. The van der Waals surface area contributed by atoms with Gasteiger partial charge in [0, 0.05) is 0 Å². The smallest absolute Gasteiger partial charge is 0.342 e. The molecule has 7 nitrogen and oxygen atoms in total. The molecule has 1 atom stereocenters. The molecule has 0 heterocycles. The average Bonchev–Trinajstić information content (AvgIpc) is 1.53. The van der Waals surface area contributed by atoms with E-state index in [4.69, 9.17) is 9.11 Å². The largest absolute Gasteiger partial charge is 0.360 e. The van der Waals surface area contributed by atoms with Crippen LogP contribution in [0.5, 0.6) is 0 Å². The molecule has 2 N–H and O–H groups in total. The Hall–Kier alpha value is -0.510. The van der Waals surface area contributed by atoms with Gasteiger partial charge in [0.25, 0.3) is 10.1 Å². The van der Waals surface area contributed by atoms with Gasteiger partial charge in [-0.2, -0.15) is 12.6 Å². The summed E-state index contributed by atoms with van der Waals surface area (Å²) in [6.45, 7) is 0. The topological polar surface area (TPSA) is 118 Å². The number of hydrogen-bond acceptors (Lipinski definition) is 5. The fourth-order valence-electron chi connectivity index (χ4n) is 0.252. The van der Waals surface area contributed by atoms with Crippen molar-refractivity contribution in [3.8, 4) is 0 Å². The zero-order valence-electron chi connectivity index (χ0n) is 4.96. The molecule has 0 radical (unpaired) electrons. The van der Waals surface area contributed by atoms with E-state index in [0.717, 1.165) is 0 Å². The molecule has 0 bridgehead atoms. The highest BCUT2D eigenvalue weighted by Gasteiger charge is 2.15. The first-order valence-corrected chi connectivity index (χ1v) is 4.72. The van der Waals surface area contributed by atoms with Crippen LogP contribution in [0.2, 0.25) is 0 Å². The minimum atomic E-state index is -4.49. The van der Waals surface area contributed by atoms with Crippen molar-refractivity contribution in [3.05, 3.63) is 0 Å². The van der Waals surface area contributed by atoms with Gasteiger partial charge >= 0.3 is 17.3 Å². The maximum absolute atomic E-state index is 10.2. The molecule has 0 aromatic rings. The molecule has 0 fully saturated rings. The summed E-state index contributed by atoms with van der Waals surface area (Å²) in [5.74, 6) is -2.83. The van der Waals surface area contributed by atoms with Crippen LogP contribution in [0.1, 0.15) is 0 Å². The van der Waals surface area contributed by atoms with Crippen molar-refractivity contribution >= 4 is 27.4 Å². The van der Waals surface area contributed by atoms with Crippen LogP contribution >= 0.6 is 0 Å². The van der Waals surface area contributed by atoms with Crippen molar-refractivity contribution in [3.63, 3.8) is 0 Å². The van der Waals surface area contributed by atoms with Crippen LogP contribution in [0.4, 0.5) is 0 Å². The molecular formula is C2H4O7S2. The lowest BCUT2D eigenvalue weighted by atomic mass is 10.8. The Kier molecular flexibility index (Phi) is 3.58. The van der Waals surface area contributed by atoms with E-state index in [-0.39, 0.29) is 0 Å². The van der Waals surface area contributed by atoms with E-state index in [0.29, 0.717) is 0 Å². The highest BCUT2D eigenvalue weighted by molar-refractivity contribution is 7.86. The van der Waals surface area contributed by atoms with Gasteiger partial charge in [0.1, 0.15) is 0 Å². The monoisotopic (exact) mass is 204 g/mol. The van der Waals surface area contributed by atoms with Gasteiger partial charge < -0.3 is 4.18 Å². The Morgan fingerprint density at radius 3 is 2.27 bits per heavy atom.